The van der Waals surface area contributed by atoms with Crippen molar-refractivity contribution in [2.24, 2.45) is 5.73 Å². The Morgan fingerprint density at radius 3 is 2.96 bits per heavy atom. The Morgan fingerprint density at radius 2 is 2.26 bits per heavy atom. The van der Waals surface area contributed by atoms with Crippen LogP contribution in [0.5, 0.6) is 5.75 Å². The predicted molar refractivity (Wildman–Crippen MR) is 85.3 cm³/mol. The second-order valence-electron chi connectivity index (χ2n) is 6.82. The molecule has 0 radical (unpaired) electrons. The molecule has 0 aromatic heterocycles. The quantitative estimate of drug-likeness (QED) is 0.803. The minimum Gasteiger partial charge on any atom is -0.496 e. The van der Waals surface area contributed by atoms with E-state index in [2.05, 4.69) is 5.32 Å². The molecule has 2 saturated heterocycles. The summed E-state index contributed by atoms with van der Waals surface area (Å²) in [7, 11) is 1.66. The fraction of sp³-hybridized carbons (Fsp3) is 0.588. The molecule has 4 rings (SSSR count). The topological polar surface area (TPSA) is 76.8 Å². The van der Waals surface area contributed by atoms with Gasteiger partial charge in [0.2, 0.25) is 5.91 Å². The highest BCUT2D eigenvalue weighted by Gasteiger charge is 2.49. The van der Waals surface area contributed by atoms with Crippen LogP contribution in [-0.2, 0) is 21.5 Å². The maximum atomic E-state index is 13.2. The van der Waals surface area contributed by atoms with Crippen molar-refractivity contribution in [1.82, 2.24) is 10.2 Å². The van der Waals surface area contributed by atoms with Gasteiger partial charge in [-0.3, -0.25) is 4.79 Å². The van der Waals surface area contributed by atoms with Gasteiger partial charge in [-0.1, -0.05) is 12.1 Å². The van der Waals surface area contributed by atoms with Gasteiger partial charge in [-0.2, -0.15) is 0 Å². The number of nitrogens with one attached hydrogen (secondary N) is 1. The molecule has 124 valence electrons. The van der Waals surface area contributed by atoms with Gasteiger partial charge in [0.25, 0.3) is 0 Å². The molecule has 1 aliphatic carbocycles. The smallest absolute Gasteiger partial charge is 0.247 e. The van der Waals surface area contributed by atoms with Crippen LogP contribution in [0.25, 0.3) is 0 Å². The van der Waals surface area contributed by atoms with Crippen LogP contribution in [0.1, 0.15) is 17.5 Å². The fourth-order valence-corrected chi connectivity index (χ4v) is 4.03. The second kappa shape index (κ2) is 5.19. The van der Waals surface area contributed by atoms with Crippen LogP contribution in [0.15, 0.2) is 18.2 Å². The number of hydrogen-bond donors (Lipinski definition) is 2. The summed E-state index contributed by atoms with van der Waals surface area (Å²) in [4.78, 5) is 15.1. The second-order valence-corrected chi connectivity index (χ2v) is 6.82. The van der Waals surface area contributed by atoms with Crippen molar-refractivity contribution in [2.75, 3.05) is 39.9 Å². The first-order valence-corrected chi connectivity index (χ1v) is 8.17. The SMILES string of the molecule is COc1cccc2c1CCC2(N)C(=O)N1CCOC2(CNC2)C1. The third kappa shape index (κ3) is 2.16. The number of nitrogens with zero attached hydrogens (tertiary/aromatic N) is 1. The first-order chi connectivity index (χ1) is 11.1. The Labute approximate surface area is 135 Å². The van der Waals surface area contributed by atoms with E-state index in [9.17, 15) is 4.79 Å². The highest BCUT2D eigenvalue weighted by Crippen LogP contribution is 2.41. The van der Waals surface area contributed by atoms with Crippen molar-refractivity contribution in [1.29, 1.82) is 0 Å². The Morgan fingerprint density at radius 1 is 1.43 bits per heavy atom. The molecule has 1 spiro atoms. The summed E-state index contributed by atoms with van der Waals surface area (Å²) in [6.07, 6.45) is 1.41. The zero-order valence-electron chi connectivity index (χ0n) is 13.4. The molecular formula is C17H23N3O3. The number of carbonyl (C=O) groups excluding carboxylic acids is 1. The van der Waals surface area contributed by atoms with E-state index in [1.165, 1.54) is 0 Å². The largest absolute Gasteiger partial charge is 0.496 e. The average Bonchev–Trinajstić information content (AvgIpc) is 2.91. The van der Waals surface area contributed by atoms with Crippen LogP contribution in [0.3, 0.4) is 0 Å². The van der Waals surface area contributed by atoms with Crippen LogP contribution in [0.4, 0.5) is 0 Å². The first-order valence-electron chi connectivity index (χ1n) is 8.17. The maximum Gasteiger partial charge on any atom is 0.247 e. The van der Waals surface area contributed by atoms with E-state index in [-0.39, 0.29) is 11.5 Å². The fourth-order valence-electron chi connectivity index (χ4n) is 4.03. The molecule has 3 N–H and O–H groups in total. The average molecular weight is 317 g/mol. The lowest BCUT2D eigenvalue weighted by molar-refractivity contribution is -0.164. The summed E-state index contributed by atoms with van der Waals surface area (Å²) in [6, 6.07) is 5.80. The van der Waals surface area contributed by atoms with Gasteiger partial charge in [0.1, 0.15) is 16.9 Å². The van der Waals surface area contributed by atoms with Gasteiger partial charge in [-0.25, -0.2) is 0 Å². The van der Waals surface area contributed by atoms with E-state index >= 15 is 0 Å². The van der Waals surface area contributed by atoms with E-state index in [1.807, 2.05) is 23.1 Å². The molecule has 2 aliphatic heterocycles. The molecule has 1 unspecified atom stereocenters. The maximum absolute atomic E-state index is 13.2. The standard InChI is InChI=1S/C17H23N3O3/c1-22-14-4-2-3-13-12(14)5-6-17(13,18)15(21)20-7-8-23-16(11-20)9-19-10-16/h2-4,19H,5-11,18H2,1H3. The Kier molecular flexibility index (Phi) is 3.37. The number of nitrogens with two attached hydrogens (primary N) is 1. The van der Waals surface area contributed by atoms with Crippen molar-refractivity contribution in [3.8, 4) is 5.75 Å². The first kappa shape index (κ1) is 14.9. The predicted octanol–water partition coefficient (Wildman–Crippen LogP) is -0.00380. The number of rotatable bonds is 2. The molecule has 1 atom stereocenters. The van der Waals surface area contributed by atoms with Crippen molar-refractivity contribution in [2.45, 2.75) is 24.0 Å². The Bertz CT molecular complexity index is 644. The van der Waals surface area contributed by atoms with Gasteiger partial charge in [0, 0.05) is 19.6 Å². The van der Waals surface area contributed by atoms with Crippen LogP contribution in [-0.4, -0.2) is 56.3 Å². The highest BCUT2D eigenvalue weighted by atomic mass is 16.5. The molecule has 2 heterocycles. The highest BCUT2D eigenvalue weighted by molar-refractivity contribution is 5.89. The molecule has 1 amide bonds. The summed E-state index contributed by atoms with van der Waals surface area (Å²) in [5, 5.41) is 3.23. The molecule has 0 bridgehead atoms. The number of morpholine rings is 1. The van der Waals surface area contributed by atoms with E-state index in [0.29, 0.717) is 26.1 Å². The Hall–Kier alpha value is -1.63. The van der Waals surface area contributed by atoms with Crippen LogP contribution in [0.2, 0.25) is 0 Å². The van der Waals surface area contributed by atoms with Crippen LogP contribution < -0.4 is 15.8 Å². The van der Waals surface area contributed by atoms with E-state index in [1.54, 1.807) is 7.11 Å². The molecule has 23 heavy (non-hydrogen) atoms. The molecule has 3 aliphatic rings. The lowest BCUT2D eigenvalue weighted by Crippen LogP contribution is -2.70. The molecule has 1 aromatic rings. The summed E-state index contributed by atoms with van der Waals surface area (Å²) >= 11 is 0. The van der Waals surface area contributed by atoms with Gasteiger partial charge >= 0.3 is 0 Å². The van der Waals surface area contributed by atoms with Crippen LogP contribution >= 0.6 is 0 Å². The minimum absolute atomic E-state index is 0.0130. The zero-order valence-corrected chi connectivity index (χ0v) is 13.4. The van der Waals surface area contributed by atoms with Gasteiger partial charge in [-0.05, 0) is 30.0 Å². The van der Waals surface area contributed by atoms with Gasteiger partial charge in [0.05, 0.1) is 20.3 Å². The number of benzene rings is 1. The number of methoxy groups -OCH3 is 1. The number of hydrogen-bond acceptors (Lipinski definition) is 5. The van der Waals surface area contributed by atoms with E-state index in [4.69, 9.17) is 15.2 Å². The van der Waals surface area contributed by atoms with Crippen molar-refractivity contribution >= 4 is 5.91 Å². The zero-order chi connectivity index (χ0) is 16.1. The number of ether oxygens (including phenoxy) is 2. The molecule has 0 saturated carbocycles. The number of carbonyl (C=O) groups is 1. The number of fused-ring (bicyclic) bond motifs is 1. The summed E-state index contributed by atoms with van der Waals surface area (Å²) in [5.74, 6) is 0.836. The lowest BCUT2D eigenvalue weighted by Gasteiger charge is -2.49. The molecular weight excluding hydrogens is 294 g/mol. The van der Waals surface area contributed by atoms with Crippen molar-refractivity contribution < 1.29 is 14.3 Å². The van der Waals surface area contributed by atoms with Gasteiger partial charge in [0.15, 0.2) is 0 Å². The third-order valence-corrected chi connectivity index (χ3v) is 5.41. The van der Waals surface area contributed by atoms with Gasteiger partial charge < -0.3 is 25.4 Å². The molecule has 1 aromatic carbocycles. The van der Waals surface area contributed by atoms with Crippen molar-refractivity contribution in [3.63, 3.8) is 0 Å². The normalized spacial score (nSPS) is 28.3. The number of amides is 1. The van der Waals surface area contributed by atoms with E-state index in [0.717, 1.165) is 36.4 Å². The molecule has 6 nitrogen and oxygen atoms in total. The molecule has 2 fully saturated rings. The monoisotopic (exact) mass is 317 g/mol. The van der Waals surface area contributed by atoms with Crippen LogP contribution in [0, 0.1) is 0 Å². The van der Waals surface area contributed by atoms with Gasteiger partial charge in [-0.15, -0.1) is 0 Å². The van der Waals surface area contributed by atoms with E-state index < -0.39 is 5.54 Å². The summed E-state index contributed by atoms with van der Waals surface area (Å²) in [6.45, 7) is 3.42. The summed E-state index contributed by atoms with van der Waals surface area (Å²) in [5.41, 5.74) is 7.44. The third-order valence-electron chi connectivity index (χ3n) is 5.41. The van der Waals surface area contributed by atoms with Crippen molar-refractivity contribution in [3.05, 3.63) is 29.3 Å². The molecule has 6 heteroatoms. The summed E-state index contributed by atoms with van der Waals surface area (Å²) < 4.78 is 11.3. The lowest BCUT2D eigenvalue weighted by atomic mass is 9.88. The minimum atomic E-state index is -0.945. The Balaban J connectivity index is 1.62.